The van der Waals surface area contributed by atoms with Crippen molar-refractivity contribution in [3.63, 3.8) is 0 Å². The maximum Gasteiger partial charge on any atom is 0.416 e. The molecular formula is C20H19F3N6O2. The standard InChI is InChI=1S/C20H19F3N6O2/c1-11(21)17-9-31-20(30)29(17)18-5-6-24-19(27-18)26-12(2)15-8-28(10-25-15)16-4-3-13(22)7-14(16)23/h3-8,10-12,17H,9H2,1-2H3,(H,24,26,27)/t11-,12-,17?/m0/s1. The van der Waals surface area contributed by atoms with Gasteiger partial charge >= 0.3 is 6.09 Å². The Hall–Kier alpha value is -3.63. The van der Waals surface area contributed by atoms with Gasteiger partial charge in [-0.15, -0.1) is 0 Å². The van der Waals surface area contributed by atoms with Crippen LogP contribution in [0.2, 0.25) is 0 Å². The fourth-order valence-electron chi connectivity index (χ4n) is 3.24. The van der Waals surface area contributed by atoms with Gasteiger partial charge in [0.15, 0.2) is 0 Å². The minimum Gasteiger partial charge on any atom is -0.447 e. The number of nitrogens with one attached hydrogen (secondary N) is 1. The first-order chi connectivity index (χ1) is 14.8. The molecule has 1 unspecified atom stereocenters. The van der Waals surface area contributed by atoms with Crippen LogP contribution < -0.4 is 10.2 Å². The summed E-state index contributed by atoms with van der Waals surface area (Å²) in [5.74, 6) is -0.979. The summed E-state index contributed by atoms with van der Waals surface area (Å²) in [7, 11) is 0. The van der Waals surface area contributed by atoms with Crippen molar-refractivity contribution in [1.82, 2.24) is 19.5 Å². The Morgan fingerprint density at radius 1 is 1.23 bits per heavy atom. The molecule has 31 heavy (non-hydrogen) atoms. The number of amides is 1. The van der Waals surface area contributed by atoms with E-state index in [2.05, 4.69) is 20.3 Å². The summed E-state index contributed by atoms with van der Waals surface area (Å²) < 4.78 is 47.4. The first-order valence-corrected chi connectivity index (χ1v) is 9.52. The molecule has 1 saturated heterocycles. The molecule has 1 fully saturated rings. The average Bonchev–Trinajstić information content (AvgIpc) is 3.35. The number of carbonyl (C=O) groups is 1. The van der Waals surface area contributed by atoms with Crippen LogP contribution in [-0.4, -0.2) is 44.4 Å². The lowest BCUT2D eigenvalue weighted by atomic mass is 10.2. The molecule has 1 N–H and O–H groups in total. The molecule has 8 nitrogen and oxygen atoms in total. The molecule has 162 valence electrons. The van der Waals surface area contributed by atoms with Crippen molar-refractivity contribution in [3.05, 3.63) is 60.3 Å². The minimum atomic E-state index is -1.30. The van der Waals surface area contributed by atoms with Gasteiger partial charge in [0.05, 0.1) is 23.8 Å². The van der Waals surface area contributed by atoms with Crippen molar-refractivity contribution >= 4 is 17.9 Å². The third kappa shape index (κ3) is 4.16. The highest BCUT2D eigenvalue weighted by Crippen LogP contribution is 2.26. The van der Waals surface area contributed by atoms with Gasteiger partial charge in [-0.3, -0.25) is 4.90 Å². The monoisotopic (exact) mass is 432 g/mol. The van der Waals surface area contributed by atoms with Gasteiger partial charge in [-0.1, -0.05) is 0 Å². The number of hydrogen-bond donors (Lipinski definition) is 1. The smallest absolute Gasteiger partial charge is 0.416 e. The van der Waals surface area contributed by atoms with Crippen molar-refractivity contribution in [2.24, 2.45) is 0 Å². The highest BCUT2D eigenvalue weighted by molar-refractivity contribution is 5.89. The molecule has 1 aromatic carbocycles. The number of imidazole rings is 1. The summed E-state index contributed by atoms with van der Waals surface area (Å²) in [4.78, 5) is 25.9. The summed E-state index contributed by atoms with van der Waals surface area (Å²) >= 11 is 0. The first kappa shape index (κ1) is 20.6. The largest absolute Gasteiger partial charge is 0.447 e. The number of halogens is 3. The number of cyclic esters (lactones) is 1. The number of ether oxygens (including phenoxy) is 1. The van der Waals surface area contributed by atoms with Crippen molar-refractivity contribution < 1.29 is 22.7 Å². The van der Waals surface area contributed by atoms with Gasteiger partial charge in [-0.2, -0.15) is 4.98 Å². The van der Waals surface area contributed by atoms with Crippen LogP contribution >= 0.6 is 0 Å². The van der Waals surface area contributed by atoms with Crippen LogP contribution in [0.3, 0.4) is 0 Å². The minimum absolute atomic E-state index is 0.0585. The van der Waals surface area contributed by atoms with E-state index < -0.39 is 29.9 Å². The lowest BCUT2D eigenvalue weighted by Gasteiger charge is -2.21. The Balaban J connectivity index is 1.52. The van der Waals surface area contributed by atoms with Crippen molar-refractivity contribution in [2.75, 3.05) is 16.8 Å². The summed E-state index contributed by atoms with van der Waals surface area (Å²) in [6.45, 7) is 3.08. The van der Waals surface area contributed by atoms with Crippen molar-refractivity contribution in [2.45, 2.75) is 32.1 Å². The maximum absolute atomic E-state index is 14.0. The topological polar surface area (TPSA) is 85.2 Å². The zero-order chi connectivity index (χ0) is 22.1. The molecule has 4 rings (SSSR count). The third-order valence-corrected chi connectivity index (χ3v) is 4.90. The number of hydrogen-bond acceptors (Lipinski definition) is 6. The number of aromatic nitrogens is 4. The summed E-state index contributed by atoms with van der Waals surface area (Å²) in [5.41, 5.74) is 0.707. The quantitative estimate of drug-likeness (QED) is 0.638. The van der Waals surface area contributed by atoms with E-state index in [0.29, 0.717) is 5.69 Å². The van der Waals surface area contributed by atoms with Crippen molar-refractivity contribution in [3.8, 4) is 5.69 Å². The lowest BCUT2D eigenvalue weighted by molar-refractivity contribution is 0.174. The second-order valence-corrected chi connectivity index (χ2v) is 7.10. The molecule has 3 heterocycles. The van der Waals surface area contributed by atoms with E-state index in [1.54, 1.807) is 13.1 Å². The molecule has 1 aliphatic heterocycles. The van der Waals surface area contributed by atoms with E-state index in [-0.39, 0.29) is 30.1 Å². The highest BCUT2D eigenvalue weighted by atomic mass is 19.1. The van der Waals surface area contributed by atoms with Gasteiger partial charge in [0.25, 0.3) is 0 Å². The maximum atomic E-state index is 14.0. The first-order valence-electron chi connectivity index (χ1n) is 9.52. The predicted molar refractivity (Wildman–Crippen MR) is 106 cm³/mol. The SMILES string of the molecule is C[C@H](Nc1nccc(N2C(=O)OCC2[C@H](C)F)n1)c1cn(-c2ccc(F)cc2F)cn1. The molecule has 1 amide bonds. The zero-order valence-corrected chi connectivity index (χ0v) is 16.7. The molecule has 0 bridgehead atoms. The molecule has 3 atom stereocenters. The van der Waals surface area contributed by atoms with Crippen LogP contribution in [0.15, 0.2) is 43.0 Å². The summed E-state index contributed by atoms with van der Waals surface area (Å²) in [5, 5.41) is 3.05. The van der Waals surface area contributed by atoms with E-state index in [0.717, 1.165) is 17.0 Å². The lowest BCUT2D eigenvalue weighted by Crippen LogP contribution is -2.39. The van der Waals surface area contributed by atoms with Gasteiger partial charge in [0.1, 0.15) is 36.3 Å². The fourth-order valence-corrected chi connectivity index (χ4v) is 3.24. The normalized spacial score (nSPS) is 18.0. The molecule has 3 aromatic rings. The Bertz CT molecular complexity index is 1110. The van der Waals surface area contributed by atoms with Gasteiger partial charge in [-0.25, -0.2) is 27.9 Å². The molecule has 0 radical (unpaired) electrons. The number of alkyl halides is 1. The Morgan fingerprint density at radius 2 is 2.03 bits per heavy atom. The van der Waals surface area contributed by atoms with E-state index in [1.165, 1.54) is 36.1 Å². The van der Waals surface area contributed by atoms with Gasteiger partial charge in [0.2, 0.25) is 5.95 Å². The van der Waals surface area contributed by atoms with Gasteiger partial charge in [0, 0.05) is 18.5 Å². The Morgan fingerprint density at radius 3 is 2.77 bits per heavy atom. The number of anilines is 2. The number of rotatable bonds is 6. The van der Waals surface area contributed by atoms with E-state index in [4.69, 9.17) is 4.74 Å². The molecule has 0 aliphatic carbocycles. The number of carbonyl (C=O) groups excluding carboxylic acids is 1. The third-order valence-electron chi connectivity index (χ3n) is 4.90. The Kier molecular flexibility index (Phi) is 5.49. The van der Waals surface area contributed by atoms with Crippen LogP contribution in [0.25, 0.3) is 5.69 Å². The van der Waals surface area contributed by atoms with E-state index >= 15 is 0 Å². The highest BCUT2D eigenvalue weighted by Gasteiger charge is 2.39. The molecule has 0 spiro atoms. The fraction of sp³-hybridized carbons (Fsp3) is 0.300. The summed E-state index contributed by atoms with van der Waals surface area (Å²) in [6, 6.07) is 3.61. The second-order valence-electron chi connectivity index (χ2n) is 7.10. The van der Waals surface area contributed by atoms with Crippen LogP contribution in [0, 0.1) is 11.6 Å². The number of nitrogens with zero attached hydrogens (tertiary/aromatic N) is 5. The number of benzene rings is 1. The molecule has 2 aromatic heterocycles. The van der Waals surface area contributed by atoms with Crippen LogP contribution in [0.4, 0.5) is 29.7 Å². The molecule has 0 saturated carbocycles. The van der Waals surface area contributed by atoms with E-state index in [1.807, 2.05) is 0 Å². The van der Waals surface area contributed by atoms with Gasteiger partial charge < -0.3 is 14.6 Å². The molecular weight excluding hydrogens is 413 g/mol. The van der Waals surface area contributed by atoms with Crippen molar-refractivity contribution in [1.29, 1.82) is 0 Å². The van der Waals surface area contributed by atoms with E-state index in [9.17, 15) is 18.0 Å². The van der Waals surface area contributed by atoms with Crippen LogP contribution in [0.5, 0.6) is 0 Å². The summed E-state index contributed by atoms with van der Waals surface area (Å²) in [6.07, 6.45) is 2.47. The molecule has 11 heteroatoms. The van der Waals surface area contributed by atoms with Crippen LogP contribution in [-0.2, 0) is 4.74 Å². The molecule has 1 aliphatic rings. The van der Waals surface area contributed by atoms with Gasteiger partial charge in [-0.05, 0) is 32.0 Å². The average molecular weight is 432 g/mol. The predicted octanol–water partition coefficient (Wildman–Crippen LogP) is 3.80. The Labute approximate surface area is 175 Å². The second kappa shape index (κ2) is 8.25. The van der Waals surface area contributed by atoms with Crippen LogP contribution in [0.1, 0.15) is 25.6 Å². The zero-order valence-electron chi connectivity index (χ0n) is 16.7.